The first kappa shape index (κ1) is 21.6. The van der Waals surface area contributed by atoms with Gasteiger partial charge in [0.05, 0.1) is 23.0 Å². The zero-order valence-electron chi connectivity index (χ0n) is 17.6. The van der Waals surface area contributed by atoms with Crippen LogP contribution in [0.25, 0.3) is 11.0 Å². The molecule has 0 aliphatic rings. The molecule has 0 radical (unpaired) electrons. The van der Waals surface area contributed by atoms with Crippen LogP contribution in [0.15, 0.2) is 75.9 Å². The van der Waals surface area contributed by atoms with Gasteiger partial charge >= 0.3 is 5.97 Å². The van der Waals surface area contributed by atoms with Crippen molar-refractivity contribution in [2.45, 2.75) is 6.92 Å². The standard InChI is InChI=1S/C24H17NO8/c1-14-23(32-18-8-6-17(30-2)7-9-18)22(26)20-11-10-19(13-21(20)31-14)33-24(27)15-4-3-5-16(12-15)25(28)29/h3-13H,1-2H3. The second-order valence-corrected chi connectivity index (χ2v) is 6.95. The SMILES string of the molecule is COc1ccc(Oc2c(C)oc3cc(OC(=O)c4cccc([N+](=O)[O-])c4)ccc3c2=O)cc1. The summed E-state index contributed by atoms with van der Waals surface area (Å²) in [4.78, 5) is 35.7. The van der Waals surface area contributed by atoms with Crippen molar-refractivity contribution < 1.29 is 28.3 Å². The Morgan fingerprint density at radius 1 is 0.970 bits per heavy atom. The van der Waals surface area contributed by atoms with Crippen LogP contribution in [-0.2, 0) is 0 Å². The number of carbonyl (C=O) groups excluding carboxylic acids is 1. The van der Waals surface area contributed by atoms with E-state index >= 15 is 0 Å². The molecule has 166 valence electrons. The molecule has 4 aromatic rings. The van der Waals surface area contributed by atoms with Crippen molar-refractivity contribution in [1.29, 1.82) is 0 Å². The number of hydrogen-bond acceptors (Lipinski definition) is 8. The van der Waals surface area contributed by atoms with Crippen LogP contribution in [0.3, 0.4) is 0 Å². The topological polar surface area (TPSA) is 118 Å². The van der Waals surface area contributed by atoms with Gasteiger partial charge in [0.15, 0.2) is 0 Å². The summed E-state index contributed by atoms with van der Waals surface area (Å²) in [6, 6.07) is 16.2. The molecule has 0 amide bonds. The van der Waals surface area contributed by atoms with Crippen molar-refractivity contribution in [3.05, 3.63) is 98.4 Å². The van der Waals surface area contributed by atoms with Gasteiger partial charge in [0.25, 0.3) is 5.69 Å². The maximum Gasteiger partial charge on any atom is 0.343 e. The van der Waals surface area contributed by atoms with E-state index in [0.717, 1.165) is 6.07 Å². The third kappa shape index (κ3) is 4.52. The average molecular weight is 447 g/mol. The van der Waals surface area contributed by atoms with Crippen molar-refractivity contribution in [3.63, 3.8) is 0 Å². The van der Waals surface area contributed by atoms with Gasteiger partial charge in [0, 0.05) is 18.2 Å². The number of carbonyl (C=O) groups is 1. The monoisotopic (exact) mass is 447 g/mol. The highest BCUT2D eigenvalue weighted by Gasteiger charge is 2.17. The summed E-state index contributed by atoms with van der Waals surface area (Å²) in [6.07, 6.45) is 0. The van der Waals surface area contributed by atoms with Gasteiger partial charge in [0.2, 0.25) is 11.2 Å². The minimum absolute atomic E-state index is 0.0187. The van der Waals surface area contributed by atoms with Crippen molar-refractivity contribution in [2.75, 3.05) is 7.11 Å². The van der Waals surface area contributed by atoms with E-state index in [4.69, 9.17) is 18.6 Å². The van der Waals surface area contributed by atoms with E-state index in [1.54, 1.807) is 38.3 Å². The number of nitrogens with zero attached hydrogens (tertiary/aromatic N) is 1. The van der Waals surface area contributed by atoms with Gasteiger partial charge in [-0.1, -0.05) is 6.07 Å². The van der Waals surface area contributed by atoms with E-state index in [-0.39, 0.29) is 44.9 Å². The predicted octanol–water partition coefficient (Wildman–Crippen LogP) is 5.03. The van der Waals surface area contributed by atoms with E-state index in [9.17, 15) is 19.7 Å². The lowest BCUT2D eigenvalue weighted by Gasteiger charge is -2.10. The Labute approximate surface area is 186 Å². The van der Waals surface area contributed by atoms with E-state index in [0.29, 0.717) is 11.5 Å². The van der Waals surface area contributed by atoms with E-state index in [1.807, 2.05) is 0 Å². The second kappa shape index (κ2) is 8.83. The Kier molecular flexibility index (Phi) is 5.77. The molecule has 0 saturated heterocycles. The predicted molar refractivity (Wildman–Crippen MR) is 118 cm³/mol. The van der Waals surface area contributed by atoms with Crippen LogP contribution in [0.5, 0.6) is 23.0 Å². The van der Waals surface area contributed by atoms with E-state index in [1.165, 1.54) is 36.4 Å². The number of non-ortho nitro benzene ring substituents is 1. The number of rotatable bonds is 6. The highest BCUT2D eigenvalue weighted by molar-refractivity contribution is 5.92. The Balaban J connectivity index is 1.61. The molecule has 0 spiro atoms. The van der Waals surface area contributed by atoms with Crippen LogP contribution in [0.4, 0.5) is 5.69 Å². The van der Waals surface area contributed by atoms with Crippen LogP contribution < -0.4 is 19.6 Å². The Morgan fingerprint density at radius 3 is 2.36 bits per heavy atom. The highest BCUT2D eigenvalue weighted by Crippen LogP contribution is 2.28. The molecule has 4 rings (SSSR count). The molecule has 3 aromatic carbocycles. The number of methoxy groups -OCH3 is 1. The van der Waals surface area contributed by atoms with Crippen molar-refractivity contribution in [2.24, 2.45) is 0 Å². The number of nitro benzene ring substituents is 1. The molecule has 0 bridgehead atoms. The van der Waals surface area contributed by atoms with Crippen LogP contribution in [-0.4, -0.2) is 18.0 Å². The Bertz CT molecular complexity index is 1420. The molecule has 33 heavy (non-hydrogen) atoms. The van der Waals surface area contributed by atoms with Gasteiger partial charge in [-0.25, -0.2) is 4.79 Å². The molecular formula is C24H17NO8. The second-order valence-electron chi connectivity index (χ2n) is 6.95. The summed E-state index contributed by atoms with van der Waals surface area (Å²) >= 11 is 0. The van der Waals surface area contributed by atoms with Gasteiger partial charge in [-0.05, 0) is 49.4 Å². The molecular weight excluding hydrogens is 430 g/mol. The fourth-order valence-electron chi connectivity index (χ4n) is 3.12. The molecule has 9 heteroatoms. The third-order valence-electron chi connectivity index (χ3n) is 4.77. The largest absolute Gasteiger partial charge is 0.497 e. The van der Waals surface area contributed by atoms with E-state index < -0.39 is 10.9 Å². The molecule has 1 aromatic heterocycles. The van der Waals surface area contributed by atoms with Gasteiger partial charge in [-0.2, -0.15) is 0 Å². The van der Waals surface area contributed by atoms with Crippen LogP contribution >= 0.6 is 0 Å². The van der Waals surface area contributed by atoms with Gasteiger partial charge in [0.1, 0.15) is 28.6 Å². The number of aryl methyl sites for hydroxylation is 1. The maximum absolute atomic E-state index is 13.0. The first-order valence-electron chi connectivity index (χ1n) is 9.71. The lowest BCUT2D eigenvalue weighted by molar-refractivity contribution is -0.384. The summed E-state index contributed by atoms with van der Waals surface area (Å²) in [5.74, 6) is 0.700. The summed E-state index contributed by atoms with van der Waals surface area (Å²) in [5.41, 5.74) is -0.399. The van der Waals surface area contributed by atoms with Gasteiger partial charge in [-0.3, -0.25) is 14.9 Å². The fourth-order valence-corrected chi connectivity index (χ4v) is 3.12. The first-order chi connectivity index (χ1) is 15.9. The number of hydrogen-bond donors (Lipinski definition) is 0. The molecule has 0 fully saturated rings. The number of nitro groups is 1. The minimum atomic E-state index is -0.781. The quantitative estimate of drug-likeness (QED) is 0.175. The maximum atomic E-state index is 13.0. The van der Waals surface area contributed by atoms with Crippen molar-refractivity contribution in [3.8, 4) is 23.0 Å². The van der Waals surface area contributed by atoms with Gasteiger partial charge < -0.3 is 18.6 Å². The smallest absolute Gasteiger partial charge is 0.343 e. The lowest BCUT2D eigenvalue weighted by Crippen LogP contribution is -2.10. The molecule has 0 saturated carbocycles. The summed E-state index contributed by atoms with van der Waals surface area (Å²) in [7, 11) is 1.55. The van der Waals surface area contributed by atoms with E-state index in [2.05, 4.69) is 0 Å². The van der Waals surface area contributed by atoms with Crippen LogP contribution in [0, 0.1) is 17.0 Å². The van der Waals surface area contributed by atoms with Crippen LogP contribution in [0.2, 0.25) is 0 Å². The molecule has 0 unspecified atom stereocenters. The van der Waals surface area contributed by atoms with Crippen molar-refractivity contribution in [1.82, 2.24) is 0 Å². The zero-order valence-corrected chi connectivity index (χ0v) is 17.6. The lowest BCUT2D eigenvalue weighted by atomic mass is 10.2. The number of fused-ring (bicyclic) bond motifs is 1. The molecule has 9 nitrogen and oxygen atoms in total. The fraction of sp³-hybridized carbons (Fsp3) is 0.0833. The summed E-state index contributed by atoms with van der Waals surface area (Å²) in [5, 5.41) is 11.1. The number of benzene rings is 3. The Morgan fingerprint density at radius 2 is 1.67 bits per heavy atom. The van der Waals surface area contributed by atoms with Crippen LogP contribution in [0.1, 0.15) is 16.1 Å². The molecule has 0 aliphatic carbocycles. The molecule has 0 aliphatic heterocycles. The number of esters is 1. The third-order valence-corrected chi connectivity index (χ3v) is 4.77. The molecule has 0 atom stereocenters. The van der Waals surface area contributed by atoms with Gasteiger partial charge in [-0.15, -0.1) is 0 Å². The average Bonchev–Trinajstić information content (AvgIpc) is 2.82. The minimum Gasteiger partial charge on any atom is -0.497 e. The molecule has 0 N–H and O–H groups in total. The Hall–Kier alpha value is -4.66. The summed E-state index contributed by atoms with van der Waals surface area (Å²) in [6.45, 7) is 1.58. The normalized spacial score (nSPS) is 10.6. The number of ether oxygens (including phenoxy) is 3. The van der Waals surface area contributed by atoms with Crippen molar-refractivity contribution >= 4 is 22.6 Å². The highest BCUT2D eigenvalue weighted by atomic mass is 16.6. The zero-order chi connectivity index (χ0) is 23.5. The molecule has 1 heterocycles. The first-order valence-corrected chi connectivity index (χ1v) is 9.71. The summed E-state index contributed by atoms with van der Waals surface area (Å²) < 4.78 is 21.9.